The van der Waals surface area contributed by atoms with Gasteiger partial charge in [0.1, 0.15) is 5.78 Å². The molecule has 0 radical (unpaired) electrons. The number of hydrogen-bond acceptors (Lipinski definition) is 6. The smallest absolute Gasteiger partial charge is 0.549 e. The molecule has 0 aromatic heterocycles. The quantitative estimate of drug-likeness (QED) is 0.359. The molecule has 0 aliphatic heterocycles. The summed E-state index contributed by atoms with van der Waals surface area (Å²) in [5.74, 6) is -5.29. The summed E-state index contributed by atoms with van der Waals surface area (Å²) < 4.78 is 0. The molecule has 1 unspecified atom stereocenters. The van der Waals surface area contributed by atoms with Crippen LogP contribution >= 0.6 is 0 Å². The Bertz CT molecular complexity index is 605. The van der Waals surface area contributed by atoms with E-state index in [0.717, 1.165) is 5.56 Å². The first-order chi connectivity index (χ1) is 11.4. The van der Waals surface area contributed by atoms with Crippen LogP contribution in [0.25, 0.3) is 0 Å². The van der Waals surface area contributed by atoms with Crippen LogP contribution in [0.2, 0.25) is 0 Å². The Balaban J connectivity index is 0.000000820. The summed E-state index contributed by atoms with van der Waals surface area (Å²) in [6, 6.07) is 15.7. The Morgan fingerprint density at radius 1 is 1.04 bits per heavy atom. The van der Waals surface area contributed by atoms with E-state index in [0.29, 0.717) is 6.42 Å². The summed E-state index contributed by atoms with van der Waals surface area (Å²) in [6.45, 7) is 0. The van der Waals surface area contributed by atoms with Gasteiger partial charge in [0.15, 0.2) is 0 Å². The zero-order chi connectivity index (χ0) is 17.9. The standard InChI is InChI=1S/C13H16NO5.C5H5.Fe/c14-10(13(18)19)7-9(12(16)17)11(15)6-5-8-3-1-2-4-8;1-2-4-5-3-1;/h1-4,9-10H,5-7,14H2,(H,16,17)(H,18,19);1-5H;/q2*-1;+2/p-2/t9?,10-;;/m0../s1. The van der Waals surface area contributed by atoms with E-state index in [2.05, 4.69) is 0 Å². The van der Waals surface area contributed by atoms with Gasteiger partial charge in [-0.25, -0.2) is 18.2 Å². The van der Waals surface area contributed by atoms with Gasteiger partial charge in [-0.15, -0.1) is 0 Å². The molecule has 0 amide bonds. The molecular formula is C18H19FeNO5-2. The topological polar surface area (TPSA) is 123 Å². The predicted octanol–water partition coefficient (Wildman–Crippen LogP) is -0.856. The number of carbonyl (C=O) groups excluding carboxylic acids is 3. The van der Waals surface area contributed by atoms with Crippen molar-refractivity contribution in [2.45, 2.75) is 25.3 Å². The van der Waals surface area contributed by atoms with Crippen molar-refractivity contribution in [1.82, 2.24) is 0 Å². The number of hydrogen-bond donors (Lipinski definition) is 1. The third-order valence-electron chi connectivity index (χ3n) is 3.41. The van der Waals surface area contributed by atoms with Crippen molar-refractivity contribution in [2.75, 3.05) is 0 Å². The van der Waals surface area contributed by atoms with Crippen LogP contribution in [0.5, 0.6) is 0 Å². The molecule has 0 heterocycles. The summed E-state index contributed by atoms with van der Waals surface area (Å²) >= 11 is 0. The first-order valence-electron chi connectivity index (χ1n) is 7.49. The second kappa shape index (κ2) is 12.2. The van der Waals surface area contributed by atoms with Crippen LogP contribution in [0.4, 0.5) is 0 Å². The van der Waals surface area contributed by atoms with E-state index < -0.39 is 36.1 Å². The van der Waals surface area contributed by atoms with Gasteiger partial charge >= 0.3 is 17.1 Å². The van der Waals surface area contributed by atoms with Crippen molar-refractivity contribution in [2.24, 2.45) is 11.7 Å². The van der Waals surface area contributed by atoms with Crippen molar-refractivity contribution in [3.63, 3.8) is 0 Å². The molecule has 0 fully saturated rings. The zero-order valence-electron chi connectivity index (χ0n) is 13.4. The molecule has 2 aromatic carbocycles. The number of ketones is 1. The van der Waals surface area contributed by atoms with Crippen LogP contribution < -0.4 is 15.9 Å². The molecule has 0 saturated heterocycles. The van der Waals surface area contributed by atoms with Gasteiger partial charge in [0.2, 0.25) is 0 Å². The van der Waals surface area contributed by atoms with Crippen LogP contribution in [0.1, 0.15) is 18.4 Å². The van der Waals surface area contributed by atoms with Crippen molar-refractivity contribution in [3.8, 4) is 0 Å². The first-order valence-corrected chi connectivity index (χ1v) is 7.49. The molecule has 136 valence electrons. The molecule has 0 spiro atoms. The van der Waals surface area contributed by atoms with E-state index in [1.165, 1.54) is 0 Å². The SMILES string of the molecule is N[C@@H](CC(C(=O)[O-])C(=O)CCc1cc[cH-]c1)C(=O)[O-].[Fe+2].c1cc[cH-]c1. The van der Waals surface area contributed by atoms with E-state index >= 15 is 0 Å². The van der Waals surface area contributed by atoms with E-state index in [9.17, 15) is 24.6 Å². The van der Waals surface area contributed by atoms with Gasteiger partial charge < -0.3 is 25.5 Å². The number of aliphatic carboxylic acids is 2. The number of rotatable bonds is 8. The third kappa shape index (κ3) is 9.00. The second-order valence-corrected chi connectivity index (χ2v) is 5.25. The van der Waals surface area contributed by atoms with E-state index in [-0.39, 0.29) is 23.5 Å². The largest absolute Gasteiger partial charge is 2.00 e. The van der Waals surface area contributed by atoms with Gasteiger partial charge in [-0.05, 0) is 12.8 Å². The maximum Gasteiger partial charge on any atom is 2.00 e. The molecule has 2 aromatic rings. The summed E-state index contributed by atoms with van der Waals surface area (Å²) in [6.07, 6.45) is -0.108. The van der Waals surface area contributed by atoms with Crippen LogP contribution in [-0.2, 0) is 37.9 Å². The normalized spacial score (nSPS) is 12.0. The number of carbonyl (C=O) groups is 3. The maximum absolute atomic E-state index is 11.7. The molecule has 0 bridgehead atoms. The zero-order valence-corrected chi connectivity index (χ0v) is 14.5. The minimum atomic E-state index is -1.61. The molecule has 2 N–H and O–H groups in total. The van der Waals surface area contributed by atoms with Crippen LogP contribution in [0.15, 0.2) is 54.6 Å². The van der Waals surface area contributed by atoms with Crippen LogP contribution in [0, 0.1) is 5.92 Å². The van der Waals surface area contributed by atoms with Crippen LogP contribution in [0.3, 0.4) is 0 Å². The van der Waals surface area contributed by atoms with Gasteiger partial charge in [0.05, 0.1) is 17.9 Å². The number of carboxylic acid groups (broad SMARTS) is 2. The number of Topliss-reactive ketones (excluding diaryl/α,β-unsaturated/α-hetero) is 1. The van der Waals surface area contributed by atoms with Gasteiger partial charge in [0.25, 0.3) is 0 Å². The summed E-state index contributed by atoms with van der Waals surface area (Å²) in [5.41, 5.74) is 6.09. The second-order valence-electron chi connectivity index (χ2n) is 5.25. The molecular weight excluding hydrogens is 366 g/mol. The fourth-order valence-electron chi connectivity index (χ4n) is 2.05. The first kappa shape index (κ1) is 22.8. The fraction of sp³-hybridized carbons (Fsp3) is 0.278. The summed E-state index contributed by atoms with van der Waals surface area (Å²) in [7, 11) is 0. The van der Waals surface area contributed by atoms with E-state index in [1.807, 2.05) is 54.6 Å². The average molecular weight is 385 g/mol. The molecule has 2 atom stereocenters. The fourth-order valence-corrected chi connectivity index (χ4v) is 2.05. The Kier molecular flexibility index (Phi) is 11.1. The molecule has 25 heavy (non-hydrogen) atoms. The van der Waals surface area contributed by atoms with E-state index in [1.54, 1.807) is 0 Å². The third-order valence-corrected chi connectivity index (χ3v) is 3.41. The van der Waals surface area contributed by atoms with Gasteiger partial charge in [-0.3, -0.25) is 4.79 Å². The minimum absolute atomic E-state index is 0. The maximum atomic E-state index is 11.7. The monoisotopic (exact) mass is 385 g/mol. The molecule has 7 heteroatoms. The summed E-state index contributed by atoms with van der Waals surface area (Å²) in [5, 5.41) is 21.3. The summed E-state index contributed by atoms with van der Waals surface area (Å²) in [4.78, 5) is 33.1. The Morgan fingerprint density at radius 2 is 1.68 bits per heavy atom. The minimum Gasteiger partial charge on any atom is -0.549 e. The molecule has 0 aliphatic carbocycles. The molecule has 0 aliphatic rings. The van der Waals surface area contributed by atoms with Crippen molar-refractivity contribution in [3.05, 3.63) is 60.2 Å². The number of carboxylic acids is 2. The predicted molar refractivity (Wildman–Crippen MR) is 83.5 cm³/mol. The Hall–Kier alpha value is -2.21. The van der Waals surface area contributed by atoms with Crippen molar-refractivity contribution in [1.29, 1.82) is 0 Å². The Labute approximate surface area is 156 Å². The van der Waals surface area contributed by atoms with E-state index in [4.69, 9.17) is 5.73 Å². The molecule has 2 rings (SSSR count). The number of aryl methyl sites for hydroxylation is 1. The Morgan fingerprint density at radius 3 is 2.08 bits per heavy atom. The van der Waals surface area contributed by atoms with Gasteiger partial charge in [-0.2, -0.15) is 42.0 Å². The number of nitrogens with two attached hydrogens (primary N) is 1. The van der Waals surface area contributed by atoms with Crippen molar-refractivity contribution < 1.29 is 41.7 Å². The van der Waals surface area contributed by atoms with Crippen LogP contribution in [-0.4, -0.2) is 23.8 Å². The molecule has 6 nitrogen and oxygen atoms in total. The van der Waals surface area contributed by atoms with Crippen molar-refractivity contribution >= 4 is 17.7 Å². The molecule has 0 saturated carbocycles. The van der Waals surface area contributed by atoms with Gasteiger partial charge in [0, 0.05) is 6.04 Å². The van der Waals surface area contributed by atoms with Gasteiger partial charge in [-0.1, -0.05) is 6.42 Å². The average Bonchev–Trinajstić information content (AvgIpc) is 3.25.